The van der Waals surface area contributed by atoms with Crippen molar-refractivity contribution in [2.45, 2.75) is 117 Å². The van der Waals surface area contributed by atoms with E-state index in [1.165, 1.54) is 0 Å². The van der Waals surface area contributed by atoms with Gasteiger partial charge in [0.15, 0.2) is 19.7 Å². The van der Waals surface area contributed by atoms with Crippen molar-refractivity contribution in [3.05, 3.63) is 85.3 Å². The molecule has 3 aromatic rings. The van der Waals surface area contributed by atoms with Crippen molar-refractivity contribution in [3.63, 3.8) is 0 Å². The molecule has 6 rings (SSSR count). The molecule has 53 heavy (non-hydrogen) atoms. The zero-order valence-corrected chi connectivity index (χ0v) is 35.6. The highest BCUT2D eigenvalue weighted by atomic mass is 79.9. The van der Waals surface area contributed by atoms with Gasteiger partial charge in [-0.3, -0.25) is 14.5 Å². The number of fused-ring (bicyclic) bond motifs is 4. The lowest BCUT2D eigenvalue weighted by atomic mass is 9.57. The highest BCUT2D eigenvalue weighted by Crippen LogP contribution is 2.59. The highest BCUT2D eigenvalue weighted by molar-refractivity contribution is 9.10. The van der Waals surface area contributed by atoms with Gasteiger partial charge in [0, 0.05) is 17.1 Å². The lowest BCUT2D eigenvalue weighted by Gasteiger charge is -2.55. The molecule has 1 aromatic heterocycles. The summed E-state index contributed by atoms with van der Waals surface area (Å²) in [6.45, 7) is 18.7. The lowest BCUT2D eigenvalue weighted by molar-refractivity contribution is -0.140. The average molecular weight is 810 g/mol. The molecule has 0 bridgehead atoms. The van der Waals surface area contributed by atoms with E-state index >= 15 is 14.0 Å². The molecular formula is C42H54BrFN2O6Si. The quantitative estimate of drug-likeness (QED) is 0.168. The van der Waals surface area contributed by atoms with Crippen LogP contribution < -0.4 is 4.74 Å². The van der Waals surface area contributed by atoms with Crippen LogP contribution in [0.4, 0.5) is 4.39 Å². The normalized spacial score (nSPS) is 23.2. The summed E-state index contributed by atoms with van der Waals surface area (Å²) in [4.78, 5) is 33.0. The first-order valence-corrected chi connectivity index (χ1v) is 22.4. The number of aliphatic hydroxyl groups is 1. The maximum absolute atomic E-state index is 16.2. The lowest BCUT2D eigenvalue weighted by Crippen LogP contribution is -2.68. The third-order valence-corrected chi connectivity index (χ3v) is 17.4. The minimum Gasteiger partial charge on any atom is -0.507 e. The van der Waals surface area contributed by atoms with E-state index in [0.29, 0.717) is 51.7 Å². The number of nitrogens with zero attached hydrogens (tertiary/aromatic N) is 2. The molecule has 0 spiro atoms. The number of carbonyl (C=O) groups is 2. The monoisotopic (exact) mass is 808 g/mol. The van der Waals surface area contributed by atoms with Crippen LogP contribution in [0.3, 0.4) is 0 Å². The second kappa shape index (κ2) is 13.9. The topological polar surface area (TPSA) is 102 Å². The molecule has 0 radical (unpaired) electrons. The van der Waals surface area contributed by atoms with Crippen LogP contribution in [0.25, 0.3) is 5.76 Å². The first-order chi connectivity index (χ1) is 24.6. The molecule has 286 valence electrons. The number of ketones is 2. The number of benzene rings is 2. The van der Waals surface area contributed by atoms with Crippen LogP contribution in [0.15, 0.2) is 44.9 Å². The van der Waals surface area contributed by atoms with Crippen LogP contribution in [0, 0.1) is 30.0 Å². The molecule has 1 fully saturated rings. The molecule has 1 heterocycles. The van der Waals surface area contributed by atoms with E-state index in [1.54, 1.807) is 0 Å². The van der Waals surface area contributed by atoms with Gasteiger partial charge >= 0.3 is 0 Å². The number of rotatable bonds is 9. The first kappa shape index (κ1) is 39.6. The molecule has 1 saturated carbocycles. The smallest absolute Gasteiger partial charge is 0.265 e. The van der Waals surface area contributed by atoms with E-state index < -0.39 is 43.4 Å². The molecule has 1 N–H and O–H groups in total. The molecule has 8 nitrogen and oxygen atoms in total. The molecule has 2 aromatic carbocycles. The molecule has 0 unspecified atom stereocenters. The van der Waals surface area contributed by atoms with Crippen LogP contribution in [0.2, 0.25) is 18.1 Å². The molecule has 11 heteroatoms. The molecule has 3 aliphatic carbocycles. The number of ether oxygens (including phenoxy) is 1. The minimum absolute atomic E-state index is 0.00891. The van der Waals surface area contributed by atoms with Crippen LogP contribution in [-0.4, -0.2) is 54.7 Å². The third kappa shape index (κ3) is 6.67. The van der Waals surface area contributed by atoms with E-state index in [0.717, 1.165) is 18.4 Å². The largest absolute Gasteiger partial charge is 0.507 e. The van der Waals surface area contributed by atoms with Gasteiger partial charge in [0.1, 0.15) is 23.7 Å². The predicted octanol–water partition coefficient (Wildman–Crippen LogP) is 10.1. The summed E-state index contributed by atoms with van der Waals surface area (Å²) in [6.07, 6.45) is 2.80. The summed E-state index contributed by atoms with van der Waals surface area (Å²) in [5.41, 5.74) is 1.49. The van der Waals surface area contributed by atoms with Gasteiger partial charge in [0.05, 0.1) is 10.5 Å². The number of aliphatic hydroxyl groups excluding tert-OH is 1. The molecule has 4 atom stereocenters. The average Bonchev–Trinajstić information content (AvgIpc) is 3.48. The summed E-state index contributed by atoms with van der Waals surface area (Å²) in [5.74, 6) is -2.47. The van der Waals surface area contributed by atoms with Crippen LogP contribution in [-0.2, 0) is 28.7 Å². The van der Waals surface area contributed by atoms with Crippen LogP contribution in [0.5, 0.6) is 5.88 Å². The Morgan fingerprint density at radius 3 is 2.34 bits per heavy atom. The molecule has 3 aliphatic rings. The van der Waals surface area contributed by atoms with Gasteiger partial charge in [0.25, 0.3) is 5.88 Å². The van der Waals surface area contributed by atoms with Gasteiger partial charge in [-0.1, -0.05) is 71.9 Å². The fourth-order valence-electron chi connectivity index (χ4n) is 8.37. The Labute approximate surface area is 322 Å². The maximum Gasteiger partial charge on any atom is 0.265 e. The van der Waals surface area contributed by atoms with Crippen molar-refractivity contribution in [2.75, 3.05) is 14.1 Å². The fourth-order valence-corrected chi connectivity index (χ4v) is 10.4. The van der Waals surface area contributed by atoms with Gasteiger partial charge in [-0.05, 0) is 126 Å². The van der Waals surface area contributed by atoms with E-state index in [1.807, 2.05) is 69.3 Å². The summed E-state index contributed by atoms with van der Waals surface area (Å²) in [6, 6.07) is 8.96. The first-order valence-electron chi connectivity index (χ1n) is 18.7. The Morgan fingerprint density at radius 2 is 1.74 bits per heavy atom. The van der Waals surface area contributed by atoms with Crippen molar-refractivity contribution < 1.29 is 32.8 Å². The van der Waals surface area contributed by atoms with Crippen molar-refractivity contribution in [1.29, 1.82) is 0 Å². The second-order valence-electron chi connectivity index (χ2n) is 18.2. The molecular weight excluding hydrogens is 755 g/mol. The zero-order chi connectivity index (χ0) is 39.0. The summed E-state index contributed by atoms with van der Waals surface area (Å²) in [7, 11) is 0.889. The number of hydrogen-bond donors (Lipinski definition) is 1. The number of aromatic nitrogens is 1. The number of hydrogen-bond acceptors (Lipinski definition) is 8. The van der Waals surface area contributed by atoms with Crippen LogP contribution >= 0.6 is 15.9 Å². The Balaban J connectivity index is 1.54. The fraction of sp³-hybridized carbons (Fsp3) is 0.548. The number of Topliss-reactive ketones (excluding diaryl/α,β-unsaturated/α-hetero) is 2. The van der Waals surface area contributed by atoms with Crippen molar-refractivity contribution >= 4 is 41.6 Å². The standard InChI is InChI=1S/C42H54BrFN2O6Si/c1-23-26(18-15-19-40(2,3)4)33(44)32(43)27-20-25-21-28-34(46(8)9)36-31(39(45-51-36)50-22-24-16-13-12-14-17-24)38(49)42(28,52-53(10,11)41(5,6)7)37(48)30(25)35(47)29(23)27/h12-14,16-17,25,28,34,47H,15,18-22H2,1-11H3/t25-,28-,34-,42-/m0/s1. The van der Waals surface area contributed by atoms with Crippen molar-refractivity contribution in [2.24, 2.45) is 17.3 Å². The second-order valence-corrected chi connectivity index (χ2v) is 23.7. The van der Waals surface area contributed by atoms with Gasteiger partial charge in [-0.25, -0.2) is 4.39 Å². The molecule has 0 saturated heterocycles. The number of halogens is 2. The van der Waals surface area contributed by atoms with Gasteiger partial charge in [0.2, 0.25) is 11.6 Å². The van der Waals surface area contributed by atoms with Crippen molar-refractivity contribution in [3.8, 4) is 5.88 Å². The summed E-state index contributed by atoms with van der Waals surface area (Å²) >= 11 is 3.57. The van der Waals surface area contributed by atoms with E-state index in [2.05, 4.69) is 62.6 Å². The Hall–Kier alpha value is -3.12. The van der Waals surface area contributed by atoms with Gasteiger partial charge < -0.3 is 18.8 Å². The third-order valence-electron chi connectivity index (χ3n) is 12.1. The SMILES string of the molecule is Cc1c(CCCC(C)(C)C)c(F)c(Br)c2c1C(O)=C1C(=O)[C@]3(O[Si](C)(C)C(C)(C)C)C(=O)c4c(OCc5ccccc5)noc4[C@@H](N(C)C)[C@@H]3C[C@@H]1C2. The summed E-state index contributed by atoms with van der Waals surface area (Å²) in [5, 5.41) is 16.2. The maximum atomic E-state index is 16.2. The van der Waals surface area contributed by atoms with Crippen molar-refractivity contribution in [1.82, 2.24) is 10.1 Å². The molecule has 0 amide bonds. The van der Waals surface area contributed by atoms with Gasteiger partial charge in [-0.2, -0.15) is 0 Å². The van der Waals surface area contributed by atoms with E-state index in [4.69, 9.17) is 13.7 Å². The van der Waals surface area contributed by atoms with E-state index in [9.17, 15) is 5.11 Å². The Bertz CT molecular complexity index is 1980. The van der Waals surface area contributed by atoms with E-state index in [-0.39, 0.29) is 45.7 Å². The minimum atomic E-state index is -2.88. The van der Waals surface area contributed by atoms with Gasteiger partial charge in [-0.15, -0.1) is 0 Å². The Kier molecular flexibility index (Phi) is 10.4. The molecule has 0 aliphatic heterocycles. The Morgan fingerprint density at radius 1 is 1.08 bits per heavy atom. The zero-order valence-electron chi connectivity index (χ0n) is 33.0. The predicted molar refractivity (Wildman–Crippen MR) is 210 cm³/mol. The number of carbonyl (C=O) groups excluding carboxylic acids is 2. The summed E-state index contributed by atoms with van der Waals surface area (Å²) < 4.78 is 35.8. The van der Waals surface area contributed by atoms with Crippen LogP contribution in [0.1, 0.15) is 111 Å². The highest BCUT2D eigenvalue weighted by Gasteiger charge is 2.69.